The maximum atomic E-state index is 13.2. The molecule has 0 bridgehead atoms. The fourth-order valence-electron chi connectivity index (χ4n) is 2.80. The minimum Gasteiger partial charge on any atom is -0.464 e. The molecule has 4 rings (SSSR count). The summed E-state index contributed by atoms with van der Waals surface area (Å²) < 4.78 is 19.4. The summed E-state index contributed by atoms with van der Waals surface area (Å²) in [4.78, 5) is 33.5. The molecule has 0 aliphatic carbocycles. The number of benzene rings is 1. The second kappa shape index (κ2) is 7.15. The molecule has 0 aliphatic rings. The first-order chi connectivity index (χ1) is 14.0. The SMILES string of the molecule is COC(=O)c1ccc2nc(C(=O)c3ccc(F)cc3)nc(Nc3cc(C)[nH]n3)n12. The Morgan fingerprint density at radius 2 is 1.90 bits per heavy atom. The van der Waals surface area contributed by atoms with Crippen molar-refractivity contribution in [1.82, 2.24) is 24.6 Å². The number of aromatic nitrogens is 5. The van der Waals surface area contributed by atoms with Gasteiger partial charge in [-0.25, -0.2) is 14.2 Å². The van der Waals surface area contributed by atoms with E-state index in [0.29, 0.717) is 11.5 Å². The Morgan fingerprint density at radius 1 is 1.14 bits per heavy atom. The van der Waals surface area contributed by atoms with Crippen molar-refractivity contribution in [2.45, 2.75) is 6.92 Å². The second-order valence-corrected chi connectivity index (χ2v) is 6.17. The number of carbonyl (C=O) groups excluding carboxylic acids is 2. The standard InChI is InChI=1S/C19H15FN6O3/c1-10-9-14(25-24-10)21-19-23-17(16(27)11-3-5-12(20)6-4-11)22-15-8-7-13(26(15)19)18(28)29-2/h3-9H,1-2H3,(H2,21,22,23,24,25). The number of aromatic amines is 1. The highest BCUT2D eigenvalue weighted by Gasteiger charge is 2.21. The lowest BCUT2D eigenvalue weighted by Crippen LogP contribution is -2.15. The summed E-state index contributed by atoms with van der Waals surface area (Å²) in [6.45, 7) is 1.83. The number of ketones is 1. The smallest absolute Gasteiger partial charge is 0.355 e. The lowest BCUT2D eigenvalue weighted by molar-refractivity contribution is 0.0593. The number of fused-ring (bicyclic) bond motifs is 1. The van der Waals surface area contributed by atoms with E-state index in [9.17, 15) is 14.0 Å². The third-order valence-corrected chi connectivity index (χ3v) is 4.15. The van der Waals surface area contributed by atoms with Gasteiger partial charge < -0.3 is 10.1 Å². The van der Waals surface area contributed by atoms with Crippen LogP contribution in [0.4, 0.5) is 16.2 Å². The van der Waals surface area contributed by atoms with Crippen LogP contribution < -0.4 is 5.32 Å². The van der Waals surface area contributed by atoms with Crippen molar-refractivity contribution in [1.29, 1.82) is 0 Å². The molecule has 9 nitrogen and oxygen atoms in total. The van der Waals surface area contributed by atoms with E-state index in [0.717, 1.165) is 5.69 Å². The topological polar surface area (TPSA) is 114 Å². The molecule has 0 radical (unpaired) electrons. The van der Waals surface area contributed by atoms with Crippen LogP contribution in [0.5, 0.6) is 0 Å². The average molecular weight is 394 g/mol. The second-order valence-electron chi connectivity index (χ2n) is 6.17. The molecule has 0 amide bonds. The number of esters is 1. The molecule has 3 aromatic heterocycles. The summed E-state index contributed by atoms with van der Waals surface area (Å²) in [6, 6.07) is 9.89. The van der Waals surface area contributed by atoms with Crippen molar-refractivity contribution >= 4 is 29.2 Å². The van der Waals surface area contributed by atoms with Gasteiger partial charge in [0.1, 0.15) is 17.2 Å². The van der Waals surface area contributed by atoms with E-state index in [1.54, 1.807) is 12.1 Å². The lowest BCUT2D eigenvalue weighted by atomic mass is 10.1. The lowest BCUT2D eigenvalue weighted by Gasteiger charge is -2.10. The summed E-state index contributed by atoms with van der Waals surface area (Å²) >= 11 is 0. The molecule has 3 heterocycles. The van der Waals surface area contributed by atoms with Crippen molar-refractivity contribution in [2.75, 3.05) is 12.4 Å². The predicted octanol–water partition coefficient (Wildman–Crippen LogP) is 2.66. The normalized spacial score (nSPS) is 10.9. The quantitative estimate of drug-likeness (QED) is 0.395. The van der Waals surface area contributed by atoms with Gasteiger partial charge in [-0.05, 0) is 43.3 Å². The molecule has 0 atom stereocenters. The first kappa shape index (κ1) is 18.3. The van der Waals surface area contributed by atoms with Crippen LogP contribution in [0.3, 0.4) is 0 Å². The van der Waals surface area contributed by atoms with Gasteiger partial charge in [0, 0.05) is 17.3 Å². The van der Waals surface area contributed by atoms with Crippen molar-refractivity contribution in [3.63, 3.8) is 0 Å². The van der Waals surface area contributed by atoms with E-state index in [2.05, 4.69) is 25.5 Å². The van der Waals surface area contributed by atoms with Crippen LogP contribution in [0.25, 0.3) is 5.65 Å². The Balaban J connectivity index is 1.85. The number of ether oxygens (including phenoxy) is 1. The molecule has 0 saturated heterocycles. The first-order valence-corrected chi connectivity index (χ1v) is 8.53. The van der Waals surface area contributed by atoms with Crippen molar-refractivity contribution in [2.24, 2.45) is 0 Å². The van der Waals surface area contributed by atoms with E-state index in [-0.39, 0.29) is 23.0 Å². The molecular weight excluding hydrogens is 379 g/mol. The Labute approximate surface area is 163 Å². The third-order valence-electron chi connectivity index (χ3n) is 4.15. The van der Waals surface area contributed by atoms with E-state index in [4.69, 9.17) is 4.74 Å². The van der Waals surface area contributed by atoms with E-state index in [1.807, 2.05) is 6.92 Å². The molecule has 0 spiro atoms. The maximum absolute atomic E-state index is 13.2. The monoisotopic (exact) mass is 394 g/mol. The fourth-order valence-corrected chi connectivity index (χ4v) is 2.80. The van der Waals surface area contributed by atoms with Gasteiger partial charge in [0.15, 0.2) is 5.82 Å². The molecule has 4 aromatic rings. The van der Waals surface area contributed by atoms with Gasteiger partial charge >= 0.3 is 5.97 Å². The van der Waals surface area contributed by atoms with Crippen LogP contribution >= 0.6 is 0 Å². The largest absolute Gasteiger partial charge is 0.464 e. The van der Waals surface area contributed by atoms with E-state index >= 15 is 0 Å². The number of nitrogens with one attached hydrogen (secondary N) is 2. The number of methoxy groups -OCH3 is 1. The van der Waals surface area contributed by atoms with Gasteiger partial charge in [0.25, 0.3) is 0 Å². The number of H-pyrrole nitrogens is 1. The molecule has 146 valence electrons. The van der Waals surface area contributed by atoms with Crippen molar-refractivity contribution < 1.29 is 18.7 Å². The van der Waals surface area contributed by atoms with Gasteiger partial charge in [-0.15, -0.1) is 0 Å². The zero-order valence-corrected chi connectivity index (χ0v) is 15.4. The zero-order chi connectivity index (χ0) is 20.5. The van der Waals surface area contributed by atoms with Gasteiger partial charge in [0.05, 0.1) is 7.11 Å². The Kier molecular flexibility index (Phi) is 4.51. The highest BCUT2D eigenvalue weighted by Crippen LogP contribution is 2.20. The van der Waals surface area contributed by atoms with Crippen LogP contribution in [0, 0.1) is 12.7 Å². The minimum absolute atomic E-state index is 0.117. The highest BCUT2D eigenvalue weighted by molar-refractivity contribution is 6.07. The van der Waals surface area contributed by atoms with Crippen LogP contribution in [0.15, 0.2) is 42.5 Å². The van der Waals surface area contributed by atoms with Crippen LogP contribution in [0.2, 0.25) is 0 Å². The molecule has 0 aliphatic heterocycles. The number of carbonyl (C=O) groups is 2. The van der Waals surface area contributed by atoms with Gasteiger partial charge in [-0.1, -0.05) is 0 Å². The number of anilines is 2. The summed E-state index contributed by atoms with van der Waals surface area (Å²) in [5, 5.41) is 9.85. The average Bonchev–Trinajstić information content (AvgIpc) is 3.33. The molecular formula is C19H15FN6O3. The van der Waals surface area contributed by atoms with Gasteiger partial charge in [0.2, 0.25) is 17.6 Å². The Morgan fingerprint density at radius 3 is 2.55 bits per heavy atom. The number of aryl methyl sites for hydroxylation is 1. The molecule has 0 saturated carbocycles. The highest BCUT2D eigenvalue weighted by atomic mass is 19.1. The summed E-state index contributed by atoms with van der Waals surface area (Å²) in [5.74, 6) is -1.07. The maximum Gasteiger partial charge on any atom is 0.355 e. The van der Waals surface area contributed by atoms with Crippen LogP contribution in [0.1, 0.15) is 32.4 Å². The predicted molar refractivity (Wildman–Crippen MR) is 101 cm³/mol. The summed E-state index contributed by atoms with van der Waals surface area (Å²) in [6.07, 6.45) is 0. The third kappa shape index (κ3) is 3.43. The van der Waals surface area contributed by atoms with Gasteiger partial charge in [-0.3, -0.25) is 14.3 Å². The molecule has 0 fully saturated rings. The van der Waals surface area contributed by atoms with Gasteiger partial charge in [-0.2, -0.15) is 10.1 Å². The number of halogens is 1. The van der Waals surface area contributed by atoms with E-state index < -0.39 is 17.6 Å². The van der Waals surface area contributed by atoms with Crippen molar-refractivity contribution in [3.8, 4) is 0 Å². The fraction of sp³-hybridized carbons (Fsp3) is 0.105. The molecule has 0 unspecified atom stereocenters. The number of rotatable bonds is 5. The number of hydrogen-bond donors (Lipinski definition) is 2. The molecule has 2 N–H and O–H groups in total. The number of hydrogen-bond acceptors (Lipinski definition) is 7. The zero-order valence-electron chi connectivity index (χ0n) is 15.4. The molecule has 1 aromatic carbocycles. The van der Waals surface area contributed by atoms with Crippen LogP contribution in [-0.4, -0.2) is 43.4 Å². The Bertz CT molecular complexity index is 1230. The number of nitrogens with zero attached hydrogens (tertiary/aromatic N) is 4. The summed E-state index contributed by atoms with van der Waals surface area (Å²) in [5.41, 5.74) is 1.52. The Hall–Kier alpha value is -4.08. The molecule has 10 heteroatoms. The van der Waals surface area contributed by atoms with Crippen molar-refractivity contribution in [3.05, 3.63) is 71.1 Å². The first-order valence-electron chi connectivity index (χ1n) is 8.53. The minimum atomic E-state index is -0.590. The van der Waals surface area contributed by atoms with Crippen LogP contribution in [-0.2, 0) is 4.74 Å². The summed E-state index contributed by atoms with van der Waals surface area (Å²) in [7, 11) is 1.26. The van der Waals surface area contributed by atoms with E-state index in [1.165, 1.54) is 41.8 Å². The molecule has 29 heavy (non-hydrogen) atoms.